The average molecular weight is 257 g/mol. The maximum atomic E-state index is 11.1. The SMILES string of the molecule is C/C=C/C=C(/C=C/C/C=C/C=C/C=C/CC)C(N)=O. The Hall–Kier alpha value is -2.09. The van der Waals surface area contributed by atoms with Gasteiger partial charge in [-0.1, -0.05) is 67.7 Å². The van der Waals surface area contributed by atoms with E-state index in [0.717, 1.165) is 12.8 Å². The molecule has 0 aliphatic heterocycles. The van der Waals surface area contributed by atoms with Crippen molar-refractivity contribution >= 4 is 5.91 Å². The Kier molecular flexibility index (Phi) is 11.0. The van der Waals surface area contributed by atoms with Gasteiger partial charge >= 0.3 is 0 Å². The fourth-order valence-corrected chi connectivity index (χ4v) is 1.19. The molecule has 2 nitrogen and oxygen atoms in total. The van der Waals surface area contributed by atoms with Crippen molar-refractivity contribution in [3.8, 4) is 0 Å². The van der Waals surface area contributed by atoms with Crippen LogP contribution in [-0.4, -0.2) is 5.91 Å². The standard InChI is InChI=1S/C17H23NO/c1-3-5-7-8-9-10-11-12-13-15-16(17(18)19)14-6-4-2/h4-11,13-15H,3,12H2,1-2H3,(H2,18,19)/b6-4+,7-5+,9-8+,11-10+,15-13+,16-14-. The van der Waals surface area contributed by atoms with Crippen molar-refractivity contribution < 1.29 is 4.79 Å². The lowest BCUT2D eigenvalue weighted by atomic mass is 10.2. The fourth-order valence-electron chi connectivity index (χ4n) is 1.19. The smallest absolute Gasteiger partial charge is 0.248 e. The highest BCUT2D eigenvalue weighted by atomic mass is 16.1. The first-order valence-corrected chi connectivity index (χ1v) is 6.50. The lowest BCUT2D eigenvalue weighted by molar-refractivity contribution is -0.114. The molecule has 0 atom stereocenters. The molecule has 2 heteroatoms. The van der Waals surface area contributed by atoms with Crippen LogP contribution in [-0.2, 0) is 4.79 Å². The highest BCUT2D eigenvalue weighted by Crippen LogP contribution is 1.99. The summed E-state index contributed by atoms with van der Waals surface area (Å²) in [5.41, 5.74) is 5.76. The number of allylic oxidation sites excluding steroid dienone is 10. The predicted octanol–water partition coefficient (Wildman–Crippen LogP) is 4.00. The summed E-state index contributed by atoms with van der Waals surface area (Å²) < 4.78 is 0. The second-order valence-corrected chi connectivity index (χ2v) is 3.80. The molecular formula is C17H23NO. The van der Waals surface area contributed by atoms with Crippen LogP contribution in [0.3, 0.4) is 0 Å². The van der Waals surface area contributed by atoms with Crippen molar-refractivity contribution in [1.29, 1.82) is 0 Å². The minimum atomic E-state index is -0.414. The quantitative estimate of drug-likeness (QED) is 0.518. The van der Waals surface area contributed by atoms with E-state index in [0.29, 0.717) is 5.57 Å². The molecule has 0 aromatic heterocycles. The molecule has 0 saturated carbocycles. The third-order valence-electron chi connectivity index (χ3n) is 2.16. The Morgan fingerprint density at radius 3 is 2.26 bits per heavy atom. The number of carbonyl (C=O) groups is 1. The molecule has 2 N–H and O–H groups in total. The zero-order chi connectivity index (χ0) is 14.3. The predicted molar refractivity (Wildman–Crippen MR) is 83.6 cm³/mol. The molecule has 0 fully saturated rings. The summed E-state index contributed by atoms with van der Waals surface area (Å²) in [6, 6.07) is 0. The molecule has 0 saturated heterocycles. The number of nitrogens with two attached hydrogens (primary N) is 1. The maximum Gasteiger partial charge on any atom is 0.248 e. The van der Waals surface area contributed by atoms with Gasteiger partial charge in [0.2, 0.25) is 5.91 Å². The van der Waals surface area contributed by atoms with Crippen molar-refractivity contribution in [2.24, 2.45) is 5.73 Å². The molecule has 0 aliphatic carbocycles. The molecule has 0 spiro atoms. The second kappa shape index (κ2) is 12.4. The average Bonchev–Trinajstić information content (AvgIpc) is 2.39. The fraction of sp³-hybridized carbons (Fsp3) is 0.235. The summed E-state index contributed by atoms with van der Waals surface area (Å²) in [5.74, 6) is -0.414. The molecular weight excluding hydrogens is 234 g/mol. The van der Waals surface area contributed by atoms with Crippen LogP contribution < -0.4 is 5.73 Å². The molecule has 0 radical (unpaired) electrons. The molecule has 1 amide bonds. The van der Waals surface area contributed by atoms with Gasteiger partial charge in [-0.25, -0.2) is 0 Å². The summed E-state index contributed by atoms with van der Waals surface area (Å²) in [5, 5.41) is 0. The first kappa shape index (κ1) is 16.9. The molecule has 0 aliphatic rings. The van der Waals surface area contributed by atoms with Crippen molar-refractivity contribution in [3.05, 3.63) is 72.4 Å². The van der Waals surface area contributed by atoms with Crippen LogP contribution >= 0.6 is 0 Å². The Morgan fingerprint density at radius 1 is 1.00 bits per heavy atom. The van der Waals surface area contributed by atoms with Crippen LogP contribution in [0.1, 0.15) is 26.7 Å². The molecule has 0 rings (SSSR count). The molecule has 0 bridgehead atoms. The van der Waals surface area contributed by atoms with E-state index in [9.17, 15) is 4.79 Å². The summed E-state index contributed by atoms with van der Waals surface area (Å²) in [6.07, 6.45) is 22.9. The molecule has 102 valence electrons. The Labute approximate surface area is 116 Å². The van der Waals surface area contributed by atoms with Gasteiger partial charge < -0.3 is 5.73 Å². The van der Waals surface area contributed by atoms with Gasteiger partial charge in [0.25, 0.3) is 0 Å². The van der Waals surface area contributed by atoms with E-state index in [4.69, 9.17) is 5.73 Å². The minimum absolute atomic E-state index is 0.414. The molecule has 19 heavy (non-hydrogen) atoms. The zero-order valence-electron chi connectivity index (χ0n) is 11.8. The number of primary amides is 1. The third-order valence-corrected chi connectivity index (χ3v) is 2.16. The van der Waals surface area contributed by atoms with Gasteiger partial charge in [0.1, 0.15) is 0 Å². The lowest BCUT2D eigenvalue weighted by Gasteiger charge is -1.92. The third kappa shape index (κ3) is 10.8. The number of hydrogen-bond acceptors (Lipinski definition) is 1. The zero-order valence-corrected chi connectivity index (χ0v) is 11.8. The van der Waals surface area contributed by atoms with Gasteiger partial charge in [-0.15, -0.1) is 0 Å². The monoisotopic (exact) mass is 257 g/mol. The number of carbonyl (C=O) groups excluding carboxylic acids is 1. The van der Waals surface area contributed by atoms with Crippen LogP contribution in [0.4, 0.5) is 0 Å². The van der Waals surface area contributed by atoms with Gasteiger partial charge in [0.05, 0.1) is 0 Å². The van der Waals surface area contributed by atoms with Crippen LogP contribution in [0.15, 0.2) is 72.4 Å². The molecule has 0 aromatic rings. The van der Waals surface area contributed by atoms with E-state index < -0.39 is 5.91 Å². The van der Waals surface area contributed by atoms with Crippen LogP contribution in [0.25, 0.3) is 0 Å². The normalized spacial score (nSPS) is 13.9. The van der Waals surface area contributed by atoms with Crippen LogP contribution in [0.2, 0.25) is 0 Å². The number of hydrogen-bond donors (Lipinski definition) is 1. The van der Waals surface area contributed by atoms with Gasteiger partial charge in [-0.2, -0.15) is 0 Å². The first-order chi connectivity index (χ1) is 9.22. The minimum Gasteiger partial charge on any atom is -0.366 e. The number of amides is 1. The van der Waals surface area contributed by atoms with Crippen molar-refractivity contribution in [2.45, 2.75) is 26.7 Å². The Balaban J connectivity index is 4.20. The Morgan fingerprint density at radius 2 is 1.68 bits per heavy atom. The maximum absolute atomic E-state index is 11.1. The first-order valence-electron chi connectivity index (χ1n) is 6.50. The van der Waals surface area contributed by atoms with Crippen LogP contribution in [0, 0.1) is 0 Å². The van der Waals surface area contributed by atoms with E-state index in [2.05, 4.69) is 13.0 Å². The van der Waals surface area contributed by atoms with E-state index in [1.807, 2.05) is 49.5 Å². The molecule has 0 heterocycles. The van der Waals surface area contributed by atoms with Crippen molar-refractivity contribution in [2.75, 3.05) is 0 Å². The topological polar surface area (TPSA) is 43.1 Å². The lowest BCUT2D eigenvalue weighted by Crippen LogP contribution is -2.12. The van der Waals surface area contributed by atoms with Gasteiger partial charge in [-0.3, -0.25) is 4.79 Å². The summed E-state index contributed by atoms with van der Waals surface area (Å²) in [4.78, 5) is 11.1. The van der Waals surface area contributed by atoms with Crippen molar-refractivity contribution in [1.82, 2.24) is 0 Å². The highest BCUT2D eigenvalue weighted by Gasteiger charge is 1.96. The van der Waals surface area contributed by atoms with Gasteiger partial charge in [0, 0.05) is 5.57 Å². The number of rotatable bonds is 8. The summed E-state index contributed by atoms with van der Waals surface area (Å²) >= 11 is 0. The van der Waals surface area contributed by atoms with E-state index in [1.165, 1.54) is 0 Å². The van der Waals surface area contributed by atoms with E-state index in [-0.39, 0.29) is 0 Å². The molecule has 0 unspecified atom stereocenters. The van der Waals surface area contributed by atoms with Gasteiger partial charge in [-0.05, 0) is 25.8 Å². The van der Waals surface area contributed by atoms with Crippen molar-refractivity contribution in [3.63, 3.8) is 0 Å². The van der Waals surface area contributed by atoms with Gasteiger partial charge in [0.15, 0.2) is 0 Å². The summed E-state index contributed by atoms with van der Waals surface area (Å²) in [7, 11) is 0. The highest BCUT2D eigenvalue weighted by molar-refractivity contribution is 5.95. The van der Waals surface area contributed by atoms with E-state index in [1.54, 1.807) is 18.2 Å². The molecule has 0 aromatic carbocycles. The van der Waals surface area contributed by atoms with E-state index >= 15 is 0 Å². The second-order valence-electron chi connectivity index (χ2n) is 3.80. The Bertz CT molecular complexity index is 421. The summed E-state index contributed by atoms with van der Waals surface area (Å²) in [6.45, 7) is 3.99. The largest absolute Gasteiger partial charge is 0.366 e. The van der Waals surface area contributed by atoms with Crippen LogP contribution in [0.5, 0.6) is 0 Å².